The molecule has 0 saturated heterocycles. The van der Waals surface area contributed by atoms with Gasteiger partial charge >= 0.3 is 0 Å². The van der Waals surface area contributed by atoms with Gasteiger partial charge in [-0.25, -0.2) is 8.42 Å². The quantitative estimate of drug-likeness (QED) is 0.764. The lowest BCUT2D eigenvalue weighted by atomic mass is 10.2. The number of hydrogen-bond acceptors (Lipinski definition) is 4. The maximum atomic E-state index is 11.1. The third-order valence-electron chi connectivity index (χ3n) is 2.90. The first-order chi connectivity index (χ1) is 9.99. The molecule has 2 aromatic carbocycles. The molecule has 6 heteroatoms. The SMILES string of the molecule is COc1ccc(COCc2ccc(S(=O)(=O)Cl)cc2)cc1. The molecule has 21 heavy (non-hydrogen) atoms. The second-order valence-corrected chi connectivity index (χ2v) is 6.99. The Kier molecular flexibility index (Phi) is 5.22. The fourth-order valence-corrected chi connectivity index (χ4v) is 2.53. The molecule has 0 saturated carbocycles. The maximum absolute atomic E-state index is 11.1. The van der Waals surface area contributed by atoms with Gasteiger partial charge in [-0.3, -0.25) is 0 Å². The molecule has 0 amide bonds. The van der Waals surface area contributed by atoms with E-state index in [1.54, 1.807) is 19.2 Å². The molecular weight excluding hydrogens is 312 g/mol. The highest BCUT2D eigenvalue weighted by atomic mass is 35.7. The zero-order valence-corrected chi connectivity index (χ0v) is 13.0. The number of hydrogen-bond donors (Lipinski definition) is 0. The molecule has 4 nitrogen and oxygen atoms in total. The van der Waals surface area contributed by atoms with Crippen LogP contribution in [0.1, 0.15) is 11.1 Å². The van der Waals surface area contributed by atoms with E-state index < -0.39 is 9.05 Å². The number of rotatable bonds is 6. The Balaban J connectivity index is 1.88. The van der Waals surface area contributed by atoms with E-state index in [-0.39, 0.29) is 4.90 Å². The molecule has 0 N–H and O–H groups in total. The largest absolute Gasteiger partial charge is 0.497 e. The van der Waals surface area contributed by atoms with Crippen LogP contribution in [0.5, 0.6) is 5.75 Å². The Labute approximate surface area is 128 Å². The predicted molar refractivity (Wildman–Crippen MR) is 81.0 cm³/mol. The second kappa shape index (κ2) is 6.93. The van der Waals surface area contributed by atoms with Gasteiger partial charge in [-0.05, 0) is 35.4 Å². The van der Waals surface area contributed by atoms with Crippen LogP contribution in [0.15, 0.2) is 53.4 Å². The highest BCUT2D eigenvalue weighted by Gasteiger charge is 2.08. The van der Waals surface area contributed by atoms with Gasteiger partial charge in [0, 0.05) is 10.7 Å². The third kappa shape index (κ3) is 4.74. The molecule has 0 aliphatic rings. The second-order valence-electron chi connectivity index (χ2n) is 4.42. The summed E-state index contributed by atoms with van der Waals surface area (Å²) >= 11 is 0. The van der Waals surface area contributed by atoms with Crippen LogP contribution in [-0.2, 0) is 27.0 Å². The van der Waals surface area contributed by atoms with Crippen LogP contribution in [-0.4, -0.2) is 15.5 Å². The van der Waals surface area contributed by atoms with E-state index in [2.05, 4.69) is 0 Å². The van der Waals surface area contributed by atoms with E-state index in [1.165, 1.54) is 12.1 Å². The van der Waals surface area contributed by atoms with Gasteiger partial charge in [0.1, 0.15) is 5.75 Å². The van der Waals surface area contributed by atoms with Crippen molar-refractivity contribution in [2.45, 2.75) is 18.1 Å². The average Bonchev–Trinajstić information content (AvgIpc) is 2.47. The average molecular weight is 327 g/mol. The fourth-order valence-electron chi connectivity index (χ4n) is 1.76. The van der Waals surface area contributed by atoms with Gasteiger partial charge in [-0.15, -0.1) is 0 Å². The molecule has 0 fully saturated rings. The number of ether oxygens (including phenoxy) is 2. The Bertz CT molecular complexity index is 679. The minimum Gasteiger partial charge on any atom is -0.497 e. The van der Waals surface area contributed by atoms with E-state index >= 15 is 0 Å². The van der Waals surface area contributed by atoms with Crippen LogP contribution in [0.4, 0.5) is 0 Å². The molecule has 0 aromatic heterocycles. The zero-order chi connectivity index (χ0) is 15.3. The molecule has 0 atom stereocenters. The lowest BCUT2D eigenvalue weighted by Gasteiger charge is -2.06. The van der Waals surface area contributed by atoms with Crippen molar-refractivity contribution in [2.75, 3.05) is 7.11 Å². The molecule has 112 valence electrons. The summed E-state index contributed by atoms with van der Waals surface area (Å²) in [6, 6.07) is 13.9. The highest BCUT2D eigenvalue weighted by molar-refractivity contribution is 8.13. The number of halogens is 1. The highest BCUT2D eigenvalue weighted by Crippen LogP contribution is 2.16. The van der Waals surface area contributed by atoms with Crippen LogP contribution in [0.3, 0.4) is 0 Å². The Morgan fingerprint density at radius 1 is 0.905 bits per heavy atom. The van der Waals surface area contributed by atoms with Gasteiger partial charge in [-0.2, -0.15) is 0 Å². The van der Waals surface area contributed by atoms with Gasteiger partial charge in [0.25, 0.3) is 9.05 Å². The van der Waals surface area contributed by atoms with E-state index in [9.17, 15) is 8.42 Å². The monoisotopic (exact) mass is 326 g/mol. The summed E-state index contributed by atoms with van der Waals surface area (Å²) in [5.74, 6) is 0.802. The molecule has 0 unspecified atom stereocenters. The van der Waals surface area contributed by atoms with Crippen molar-refractivity contribution < 1.29 is 17.9 Å². The first-order valence-corrected chi connectivity index (χ1v) is 8.54. The van der Waals surface area contributed by atoms with E-state index in [0.29, 0.717) is 13.2 Å². The van der Waals surface area contributed by atoms with Crippen molar-refractivity contribution in [3.05, 3.63) is 59.7 Å². The summed E-state index contributed by atoms with van der Waals surface area (Å²) in [7, 11) is 3.20. The molecule has 0 aliphatic carbocycles. The lowest BCUT2D eigenvalue weighted by Crippen LogP contribution is -1.96. The summed E-state index contributed by atoms with van der Waals surface area (Å²) in [5, 5.41) is 0. The minimum atomic E-state index is -3.67. The summed E-state index contributed by atoms with van der Waals surface area (Å²) in [6.45, 7) is 0.869. The molecule has 0 bridgehead atoms. The Morgan fingerprint density at radius 3 is 1.81 bits per heavy atom. The normalized spacial score (nSPS) is 11.3. The van der Waals surface area contributed by atoms with Gasteiger partial charge in [0.2, 0.25) is 0 Å². The van der Waals surface area contributed by atoms with Crippen molar-refractivity contribution in [1.29, 1.82) is 0 Å². The summed E-state index contributed by atoms with van der Waals surface area (Å²) in [4.78, 5) is 0.0862. The fraction of sp³-hybridized carbons (Fsp3) is 0.200. The molecular formula is C15H15ClO4S. The standard InChI is InChI=1S/C15H15ClO4S/c1-19-14-6-2-12(3-7-14)10-20-11-13-4-8-15(9-5-13)21(16,17)18/h2-9H,10-11H2,1H3. The number of methoxy groups -OCH3 is 1. The van der Waals surface area contributed by atoms with Crippen molar-refractivity contribution >= 4 is 19.7 Å². The van der Waals surface area contributed by atoms with Crippen LogP contribution in [0, 0.1) is 0 Å². The van der Waals surface area contributed by atoms with Crippen molar-refractivity contribution in [3.63, 3.8) is 0 Å². The van der Waals surface area contributed by atoms with Crippen LogP contribution < -0.4 is 4.74 Å². The van der Waals surface area contributed by atoms with E-state index in [0.717, 1.165) is 16.9 Å². The van der Waals surface area contributed by atoms with Crippen molar-refractivity contribution in [2.24, 2.45) is 0 Å². The molecule has 2 aromatic rings. The van der Waals surface area contributed by atoms with Gasteiger partial charge in [0.05, 0.1) is 25.2 Å². The third-order valence-corrected chi connectivity index (χ3v) is 4.27. The van der Waals surface area contributed by atoms with Crippen LogP contribution in [0.25, 0.3) is 0 Å². The predicted octanol–water partition coefficient (Wildman–Crippen LogP) is 3.34. The topological polar surface area (TPSA) is 52.6 Å². The molecule has 0 heterocycles. The van der Waals surface area contributed by atoms with Gasteiger partial charge < -0.3 is 9.47 Å². The summed E-state index contributed by atoms with van der Waals surface area (Å²) in [6.07, 6.45) is 0. The first kappa shape index (κ1) is 15.8. The Hall–Kier alpha value is -1.56. The first-order valence-electron chi connectivity index (χ1n) is 6.23. The molecule has 0 spiro atoms. The smallest absolute Gasteiger partial charge is 0.261 e. The lowest BCUT2D eigenvalue weighted by molar-refractivity contribution is 0.107. The van der Waals surface area contributed by atoms with Crippen LogP contribution >= 0.6 is 10.7 Å². The minimum absolute atomic E-state index is 0.0862. The van der Waals surface area contributed by atoms with Gasteiger partial charge in [-0.1, -0.05) is 24.3 Å². The molecule has 2 rings (SSSR count). The molecule has 0 aliphatic heterocycles. The van der Waals surface area contributed by atoms with Gasteiger partial charge in [0.15, 0.2) is 0 Å². The summed E-state index contributed by atoms with van der Waals surface area (Å²) in [5.41, 5.74) is 1.92. The van der Waals surface area contributed by atoms with Crippen molar-refractivity contribution in [1.82, 2.24) is 0 Å². The van der Waals surface area contributed by atoms with E-state index in [4.69, 9.17) is 20.2 Å². The number of benzene rings is 2. The maximum Gasteiger partial charge on any atom is 0.261 e. The summed E-state index contributed by atoms with van der Waals surface area (Å²) < 4.78 is 32.9. The molecule has 0 radical (unpaired) electrons. The van der Waals surface area contributed by atoms with E-state index in [1.807, 2.05) is 24.3 Å². The zero-order valence-electron chi connectivity index (χ0n) is 11.5. The Morgan fingerprint density at radius 2 is 1.38 bits per heavy atom. The van der Waals surface area contributed by atoms with Crippen molar-refractivity contribution in [3.8, 4) is 5.75 Å². The van der Waals surface area contributed by atoms with Crippen LogP contribution in [0.2, 0.25) is 0 Å².